The van der Waals surface area contributed by atoms with Crippen molar-refractivity contribution in [3.05, 3.63) is 144 Å². The van der Waals surface area contributed by atoms with Crippen molar-refractivity contribution in [2.45, 2.75) is 94.5 Å². The molecule has 2 aliphatic heterocycles. The summed E-state index contributed by atoms with van der Waals surface area (Å²) in [5, 5.41) is 11.8. The maximum Gasteiger partial charge on any atom is 0.370 e. The molecule has 0 aromatic heterocycles. The summed E-state index contributed by atoms with van der Waals surface area (Å²) in [4.78, 5) is 108. The van der Waals surface area contributed by atoms with Crippen molar-refractivity contribution in [2.75, 3.05) is 13.7 Å². The Morgan fingerprint density at radius 1 is 0.559 bits per heavy atom. The summed E-state index contributed by atoms with van der Waals surface area (Å²) in [6.45, 7) is 2.75. The van der Waals surface area contributed by atoms with Crippen LogP contribution in [0.25, 0.3) is 0 Å². The number of hydrogen-bond acceptors (Lipinski definition) is 19. The van der Waals surface area contributed by atoms with E-state index >= 15 is 0 Å². The molecule has 0 amide bonds. The Labute approximate surface area is 389 Å². The quantitative estimate of drug-likeness (QED) is 0.115. The number of methoxy groups -OCH3 is 1. The number of esters is 7. The molecule has 10 atom stereocenters. The van der Waals surface area contributed by atoms with Crippen LogP contribution in [0.1, 0.15) is 75.0 Å². The van der Waals surface area contributed by atoms with E-state index in [1.165, 1.54) is 98.8 Å². The third kappa shape index (κ3) is 12.2. The van der Waals surface area contributed by atoms with Crippen LogP contribution in [0.3, 0.4) is 0 Å². The average Bonchev–Trinajstić information content (AvgIpc) is 3.34. The largest absolute Gasteiger partial charge is 0.465 e. The molecule has 0 aliphatic carbocycles. The van der Waals surface area contributed by atoms with Gasteiger partial charge in [-0.3, -0.25) is 9.59 Å². The van der Waals surface area contributed by atoms with Gasteiger partial charge in [-0.25, -0.2) is 24.0 Å². The number of carbonyl (C=O) groups excluding carboxylic acids is 8. The predicted molar refractivity (Wildman–Crippen MR) is 230 cm³/mol. The summed E-state index contributed by atoms with van der Waals surface area (Å²) in [6, 6.07) is 29.9. The van der Waals surface area contributed by atoms with Crippen molar-refractivity contribution in [3.8, 4) is 0 Å². The molecule has 2 heterocycles. The Morgan fingerprint density at radius 3 is 1.50 bits per heavy atom. The Kier molecular flexibility index (Phi) is 16.9. The van der Waals surface area contributed by atoms with Crippen LogP contribution in [0.15, 0.2) is 121 Å². The molecule has 0 spiro atoms. The smallest absolute Gasteiger partial charge is 0.370 e. The Morgan fingerprint density at radius 2 is 1.03 bits per heavy atom. The van der Waals surface area contributed by atoms with Crippen molar-refractivity contribution < 1.29 is 90.8 Å². The van der Waals surface area contributed by atoms with Crippen LogP contribution in [-0.4, -0.2) is 127 Å². The van der Waals surface area contributed by atoms with E-state index in [-0.39, 0.29) is 28.7 Å². The van der Waals surface area contributed by atoms with E-state index in [0.717, 1.165) is 14.0 Å². The first-order valence-electron chi connectivity index (χ1n) is 21.3. The summed E-state index contributed by atoms with van der Waals surface area (Å²) in [6.07, 6.45) is -18.6. The zero-order chi connectivity index (χ0) is 49.0. The zero-order valence-corrected chi connectivity index (χ0v) is 37.2. The van der Waals surface area contributed by atoms with Gasteiger partial charge in [0.1, 0.15) is 24.6 Å². The highest BCUT2D eigenvalue weighted by atomic mass is 16.8. The molecule has 68 heavy (non-hydrogen) atoms. The van der Waals surface area contributed by atoms with Gasteiger partial charge in [-0.2, -0.15) is 0 Å². The SMILES string of the molecule is COC(=O)[C@@]1(O[C@H]2[C@@H](OC(=O)c3ccccc3)[C@@H](COC(=O)c3ccccc3)OC(O)[C@@H]2OC(=O)c2ccccc2)O[C@H](C)[C@@H](OC(C)=O)[C@H](OC(=O)CCC(C)=O)[C@H]1OC(=O)c1ccccc1. The van der Waals surface area contributed by atoms with Crippen molar-refractivity contribution >= 4 is 47.6 Å². The molecular weight excluding hydrogens is 893 g/mol. The lowest BCUT2D eigenvalue weighted by atomic mass is 9.90. The number of rotatable bonds is 17. The minimum Gasteiger partial charge on any atom is -0.465 e. The highest BCUT2D eigenvalue weighted by molar-refractivity contribution is 5.92. The number of Topliss-reactive ketones (excluding diaryl/α,β-unsaturated/α-hetero) is 1. The van der Waals surface area contributed by atoms with Crippen molar-refractivity contribution in [3.63, 3.8) is 0 Å². The molecule has 2 fully saturated rings. The molecule has 19 heteroatoms. The fourth-order valence-corrected chi connectivity index (χ4v) is 7.37. The lowest BCUT2D eigenvalue weighted by Gasteiger charge is -2.51. The first-order valence-corrected chi connectivity index (χ1v) is 21.3. The molecule has 0 bridgehead atoms. The topological polar surface area (TPSA) is 249 Å². The highest BCUT2D eigenvalue weighted by Crippen LogP contribution is 2.42. The Hall–Kier alpha value is -7.32. The number of ether oxygens (including phenoxy) is 10. The minimum atomic E-state index is -3.21. The van der Waals surface area contributed by atoms with E-state index in [9.17, 15) is 43.5 Å². The molecule has 2 aliphatic rings. The number of carbonyl (C=O) groups is 8. The van der Waals surface area contributed by atoms with Gasteiger partial charge in [0.25, 0.3) is 0 Å². The molecule has 19 nitrogen and oxygen atoms in total. The molecule has 6 rings (SSSR count). The van der Waals surface area contributed by atoms with E-state index in [1.807, 2.05) is 0 Å². The number of hydrogen-bond donors (Lipinski definition) is 1. The summed E-state index contributed by atoms with van der Waals surface area (Å²) in [5.41, 5.74) is -0.0804. The van der Waals surface area contributed by atoms with Crippen molar-refractivity contribution in [2.24, 2.45) is 0 Å². The molecule has 1 unspecified atom stereocenters. The third-order valence-corrected chi connectivity index (χ3v) is 10.6. The van der Waals surface area contributed by atoms with E-state index in [0.29, 0.717) is 0 Å². The molecule has 0 saturated carbocycles. The van der Waals surface area contributed by atoms with Gasteiger partial charge in [-0.1, -0.05) is 72.8 Å². The van der Waals surface area contributed by atoms with Crippen LogP contribution in [0.2, 0.25) is 0 Å². The lowest BCUT2D eigenvalue weighted by Crippen LogP contribution is -2.74. The van der Waals surface area contributed by atoms with Gasteiger partial charge in [-0.15, -0.1) is 0 Å². The fourth-order valence-electron chi connectivity index (χ4n) is 7.37. The van der Waals surface area contributed by atoms with Gasteiger partial charge in [0.05, 0.1) is 41.9 Å². The number of aliphatic hydroxyl groups is 1. The van der Waals surface area contributed by atoms with Gasteiger partial charge < -0.3 is 57.3 Å². The number of aliphatic hydroxyl groups excluding tert-OH is 1. The van der Waals surface area contributed by atoms with E-state index in [4.69, 9.17) is 47.4 Å². The van der Waals surface area contributed by atoms with Crippen LogP contribution in [0, 0.1) is 0 Å². The zero-order valence-electron chi connectivity index (χ0n) is 37.2. The molecule has 4 aromatic carbocycles. The standard InChI is InChI=1S/C49H48O19/c1-28(50)25-26-36(52)63-40-37(61-30(3)51)29(2)67-49(48(58)59-4,42(40)66-46(56)34-23-15-8-16-24-34)68-39-38(64-44(54)32-19-11-6-12-20-32)35(27-60-43(53)31-17-9-5-10-18-31)62-47(57)41(39)65-45(55)33-21-13-7-14-22-33/h5-24,29,35,37-42,47,57H,25-27H2,1-4H3/t29-,35-,37-,38+,39+,40+,41-,42-,47?,49-/m1/s1. The normalized spacial score (nSPS) is 25.3. The Balaban J connectivity index is 1.55. The Bertz CT molecular complexity index is 2410. The molecular formula is C49H48O19. The maximum absolute atomic E-state index is 14.7. The summed E-state index contributed by atoms with van der Waals surface area (Å²) in [5.74, 6) is -11.3. The first-order chi connectivity index (χ1) is 32.6. The molecule has 2 saturated heterocycles. The summed E-state index contributed by atoms with van der Waals surface area (Å²) >= 11 is 0. The third-order valence-electron chi connectivity index (χ3n) is 10.6. The lowest BCUT2D eigenvalue weighted by molar-refractivity contribution is -0.386. The molecule has 358 valence electrons. The van der Waals surface area contributed by atoms with Gasteiger partial charge in [-0.05, 0) is 62.4 Å². The summed E-state index contributed by atoms with van der Waals surface area (Å²) in [7, 11) is 0.897. The molecule has 4 aromatic rings. The van der Waals surface area contributed by atoms with Gasteiger partial charge in [0.2, 0.25) is 6.10 Å². The van der Waals surface area contributed by atoms with Crippen molar-refractivity contribution in [1.29, 1.82) is 0 Å². The maximum atomic E-state index is 14.7. The van der Waals surface area contributed by atoms with Crippen LogP contribution in [-0.2, 0) is 66.5 Å². The molecule has 1 N–H and O–H groups in total. The van der Waals surface area contributed by atoms with E-state index in [2.05, 4.69) is 0 Å². The van der Waals surface area contributed by atoms with E-state index < -0.39 is 122 Å². The van der Waals surface area contributed by atoms with Crippen LogP contribution in [0.5, 0.6) is 0 Å². The number of ketones is 1. The van der Waals surface area contributed by atoms with Crippen LogP contribution < -0.4 is 0 Å². The molecule has 0 radical (unpaired) electrons. The second kappa shape index (κ2) is 22.9. The van der Waals surface area contributed by atoms with E-state index in [1.54, 1.807) is 36.4 Å². The summed E-state index contributed by atoms with van der Waals surface area (Å²) < 4.78 is 59.1. The van der Waals surface area contributed by atoms with Crippen molar-refractivity contribution in [1.82, 2.24) is 0 Å². The van der Waals surface area contributed by atoms with Crippen LogP contribution in [0.4, 0.5) is 0 Å². The van der Waals surface area contributed by atoms with Gasteiger partial charge >= 0.3 is 47.6 Å². The second-order valence-electron chi connectivity index (χ2n) is 15.5. The monoisotopic (exact) mass is 940 g/mol. The second-order valence-corrected chi connectivity index (χ2v) is 15.5. The van der Waals surface area contributed by atoms with Gasteiger partial charge in [0, 0.05) is 13.3 Å². The number of benzene rings is 4. The first kappa shape index (κ1) is 50.1. The minimum absolute atomic E-state index is 0.0307. The predicted octanol–water partition coefficient (Wildman–Crippen LogP) is 4.12. The average molecular weight is 941 g/mol. The van der Waals surface area contributed by atoms with Gasteiger partial charge in [0.15, 0.2) is 30.7 Å². The van der Waals surface area contributed by atoms with Crippen LogP contribution >= 0.6 is 0 Å². The highest BCUT2D eigenvalue weighted by Gasteiger charge is 2.68. The fraction of sp³-hybridized carbons (Fsp3) is 0.347.